The fraction of sp³-hybridized carbons (Fsp3) is 0.632. The summed E-state index contributed by atoms with van der Waals surface area (Å²) in [5.74, 6) is 1.30. The van der Waals surface area contributed by atoms with Gasteiger partial charge in [0.15, 0.2) is 11.7 Å². The number of piperazine rings is 1. The Morgan fingerprint density at radius 2 is 1.93 bits per heavy atom. The molecule has 0 bridgehead atoms. The lowest BCUT2D eigenvalue weighted by atomic mass is 10.3. The standard InChI is InChI=1S/C19H29N5O3.HI/c1-2-20-19(21-9-3-6-17(25)22-15-7-8-15)24-12-10-23(11-13-24)18(26)16-5-4-14-27-16;/h4-5,14-15H,2-3,6-13H2,1H3,(H,20,21)(H,22,25);1H. The minimum absolute atomic E-state index is 0. The Morgan fingerprint density at radius 1 is 1.21 bits per heavy atom. The Bertz CT molecular complexity index is 653. The molecule has 28 heavy (non-hydrogen) atoms. The van der Waals surface area contributed by atoms with Crippen molar-refractivity contribution in [3.05, 3.63) is 24.2 Å². The predicted molar refractivity (Wildman–Crippen MR) is 118 cm³/mol. The van der Waals surface area contributed by atoms with Gasteiger partial charge in [0.05, 0.1) is 6.26 Å². The van der Waals surface area contributed by atoms with Crippen LogP contribution in [0, 0.1) is 0 Å². The normalized spacial score (nSPS) is 17.1. The lowest BCUT2D eigenvalue weighted by Crippen LogP contribution is -2.53. The van der Waals surface area contributed by atoms with Gasteiger partial charge in [0.1, 0.15) is 0 Å². The first kappa shape index (κ1) is 22.5. The number of guanidine groups is 1. The van der Waals surface area contributed by atoms with E-state index in [1.807, 2.05) is 6.92 Å². The fourth-order valence-electron chi connectivity index (χ4n) is 3.06. The Hall–Kier alpha value is -1.78. The molecular formula is C19H30IN5O3. The highest BCUT2D eigenvalue weighted by Gasteiger charge is 2.25. The Labute approximate surface area is 183 Å². The van der Waals surface area contributed by atoms with E-state index in [0.717, 1.165) is 44.9 Å². The zero-order chi connectivity index (χ0) is 19.1. The summed E-state index contributed by atoms with van der Waals surface area (Å²) in [5.41, 5.74) is 0. The van der Waals surface area contributed by atoms with E-state index in [1.165, 1.54) is 6.26 Å². The summed E-state index contributed by atoms with van der Waals surface area (Å²) < 4.78 is 5.20. The van der Waals surface area contributed by atoms with Gasteiger partial charge in [-0.05, 0) is 38.3 Å². The van der Waals surface area contributed by atoms with Crippen LogP contribution >= 0.6 is 24.0 Å². The molecule has 156 valence electrons. The number of nitrogens with zero attached hydrogens (tertiary/aromatic N) is 3. The number of furan rings is 1. The van der Waals surface area contributed by atoms with Crippen molar-refractivity contribution in [2.75, 3.05) is 39.3 Å². The molecule has 9 heteroatoms. The Morgan fingerprint density at radius 3 is 2.54 bits per heavy atom. The second-order valence-corrected chi connectivity index (χ2v) is 6.94. The van der Waals surface area contributed by atoms with Gasteiger partial charge in [-0.1, -0.05) is 0 Å². The molecule has 8 nitrogen and oxygen atoms in total. The van der Waals surface area contributed by atoms with Crippen LogP contribution in [0.4, 0.5) is 0 Å². The largest absolute Gasteiger partial charge is 0.459 e. The maximum atomic E-state index is 12.3. The number of carbonyl (C=O) groups excluding carboxylic acids is 2. The number of hydrogen-bond acceptors (Lipinski definition) is 4. The number of hydrogen-bond donors (Lipinski definition) is 2. The molecule has 2 amide bonds. The lowest BCUT2D eigenvalue weighted by Gasteiger charge is -2.36. The van der Waals surface area contributed by atoms with Gasteiger partial charge < -0.3 is 24.9 Å². The molecule has 1 saturated heterocycles. The van der Waals surface area contributed by atoms with Crippen LogP contribution in [0.5, 0.6) is 0 Å². The molecule has 1 aromatic rings. The molecule has 2 fully saturated rings. The molecule has 0 atom stereocenters. The summed E-state index contributed by atoms with van der Waals surface area (Å²) in [4.78, 5) is 32.7. The lowest BCUT2D eigenvalue weighted by molar-refractivity contribution is -0.121. The van der Waals surface area contributed by atoms with E-state index >= 15 is 0 Å². The van der Waals surface area contributed by atoms with E-state index in [9.17, 15) is 9.59 Å². The molecule has 1 saturated carbocycles. The molecule has 1 aromatic heterocycles. The van der Waals surface area contributed by atoms with Gasteiger partial charge in [0.2, 0.25) is 5.91 Å². The van der Waals surface area contributed by atoms with Crippen LogP contribution in [-0.4, -0.2) is 72.9 Å². The highest BCUT2D eigenvalue weighted by atomic mass is 127. The van der Waals surface area contributed by atoms with Crippen molar-refractivity contribution in [1.82, 2.24) is 20.4 Å². The van der Waals surface area contributed by atoms with Crippen molar-refractivity contribution in [1.29, 1.82) is 0 Å². The average molecular weight is 503 g/mol. The van der Waals surface area contributed by atoms with Crippen molar-refractivity contribution in [3.63, 3.8) is 0 Å². The van der Waals surface area contributed by atoms with E-state index in [2.05, 4.69) is 20.5 Å². The second-order valence-electron chi connectivity index (χ2n) is 6.94. The summed E-state index contributed by atoms with van der Waals surface area (Å²) in [6, 6.07) is 3.84. The van der Waals surface area contributed by atoms with Crippen LogP contribution < -0.4 is 10.6 Å². The predicted octanol–water partition coefficient (Wildman–Crippen LogP) is 1.68. The zero-order valence-corrected chi connectivity index (χ0v) is 18.7. The first-order valence-electron chi connectivity index (χ1n) is 9.82. The van der Waals surface area contributed by atoms with Gasteiger partial charge in [-0.25, -0.2) is 0 Å². The summed E-state index contributed by atoms with van der Waals surface area (Å²) in [6.07, 6.45) is 5.01. The van der Waals surface area contributed by atoms with Crippen molar-refractivity contribution < 1.29 is 14.0 Å². The number of amides is 2. The molecule has 0 spiro atoms. The van der Waals surface area contributed by atoms with Crippen molar-refractivity contribution in [3.8, 4) is 0 Å². The van der Waals surface area contributed by atoms with Crippen molar-refractivity contribution in [2.45, 2.75) is 38.6 Å². The van der Waals surface area contributed by atoms with Crippen LogP contribution in [-0.2, 0) is 4.79 Å². The van der Waals surface area contributed by atoms with Gasteiger partial charge in [-0.2, -0.15) is 0 Å². The Balaban J connectivity index is 0.00000280. The minimum atomic E-state index is -0.0664. The topological polar surface area (TPSA) is 90.2 Å². The van der Waals surface area contributed by atoms with Crippen molar-refractivity contribution in [2.24, 2.45) is 4.99 Å². The molecular weight excluding hydrogens is 473 g/mol. The quantitative estimate of drug-likeness (QED) is 0.256. The molecule has 2 N–H and O–H groups in total. The van der Waals surface area contributed by atoms with Crippen LogP contribution in [0.15, 0.2) is 27.8 Å². The van der Waals surface area contributed by atoms with Crippen LogP contribution in [0.1, 0.15) is 43.2 Å². The number of nitrogens with one attached hydrogen (secondary N) is 2. The minimum Gasteiger partial charge on any atom is -0.459 e. The van der Waals surface area contributed by atoms with E-state index in [4.69, 9.17) is 4.42 Å². The van der Waals surface area contributed by atoms with Crippen LogP contribution in [0.2, 0.25) is 0 Å². The van der Waals surface area contributed by atoms with Gasteiger partial charge in [0.25, 0.3) is 5.91 Å². The summed E-state index contributed by atoms with van der Waals surface area (Å²) in [7, 11) is 0. The zero-order valence-electron chi connectivity index (χ0n) is 16.4. The third kappa shape index (κ3) is 6.68. The molecule has 2 heterocycles. The smallest absolute Gasteiger partial charge is 0.289 e. The SMILES string of the molecule is CCNC(=NCCCC(=O)NC1CC1)N1CCN(C(=O)c2ccco2)CC1.I. The van der Waals surface area contributed by atoms with E-state index in [-0.39, 0.29) is 35.8 Å². The summed E-state index contributed by atoms with van der Waals surface area (Å²) in [6.45, 7) is 6.15. The molecule has 2 aliphatic rings. The van der Waals surface area contributed by atoms with E-state index in [1.54, 1.807) is 17.0 Å². The molecule has 3 rings (SSSR count). The third-order valence-corrected chi connectivity index (χ3v) is 4.70. The fourth-order valence-corrected chi connectivity index (χ4v) is 3.06. The average Bonchev–Trinajstić information content (AvgIpc) is 3.32. The molecule has 1 aliphatic heterocycles. The molecule has 0 unspecified atom stereocenters. The third-order valence-electron chi connectivity index (χ3n) is 4.70. The van der Waals surface area contributed by atoms with Crippen LogP contribution in [0.25, 0.3) is 0 Å². The second kappa shape index (κ2) is 11.3. The number of halogens is 1. The molecule has 1 aliphatic carbocycles. The summed E-state index contributed by atoms with van der Waals surface area (Å²) >= 11 is 0. The number of carbonyl (C=O) groups is 2. The highest BCUT2D eigenvalue weighted by molar-refractivity contribution is 14.0. The first-order chi connectivity index (χ1) is 13.2. The first-order valence-corrected chi connectivity index (χ1v) is 9.82. The van der Waals surface area contributed by atoms with Gasteiger partial charge in [0, 0.05) is 51.7 Å². The monoisotopic (exact) mass is 503 g/mol. The Kier molecular flexibility index (Phi) is 9.07. The van der Waals surface area contributed by atoms with E-state index < -0.39 is 0 Å². The maximum absolute atomic E-state index is 12.3. The van der Waals surface area contributed by atoms with Crippen molar-refractivity contribution >= 4 is 41.8 Å². The van der Waals surface area contributed by atoms with Gasteiger partial charge in [-0.15, -0.1) is 24.0 Å². The van der Waals surface area contributed by atoms with Crippen LogP contribution in [0.3, 0.4) is 0 Å². The van der Waals surface area contributed by atoms with E-state index in [0.29, 0.717) is 37.9 Å². The molecule has 0 radical (unpaired) electrons. The molecule has 0 aromatic carbocycles. The number of aliphatic imine (C=N–C) groups is 1. The van der Waals surface area contributed by atoms with Gasteiger partial charge in [-0.3, -0.25) is 14.6 Å². The van der Waals surface area contributed by atoms with Gasteiger partial charge >= 0.3 is 0 Å². The summed E-state index contributed by atoms with van der Waals surface area (Å²) in [5, 5.41) is 6.31. The highest BCUT2D eigenvalue weighted by Crippen LogP contribution is 2.18. The number of rotatable bonds is 7. The maximum Gasteiger partial charge on any atom is 0.289 e.